The minimum absolute atomic E-state index is 0.899. The van der Waals surface area contributed by atoms with Crippen LogP contribution in [0.25, 0.3) is 0 Å². The Bertz CT molecular complexity index is 309. The van der Waals surface area contributed by atoms with Gasteiger partial charge in [0, 0.05) is 13.6 Å². The molecule has 0 bridgehead atoms. The smallest absolute Gasteiger partial charge is 0.0638 e. The fourth-order valence-electron chi connectivity index (χ4n) is 1.29. The molecule has 0 fully saturated rings. The normalized spacial score (nSPS) is 13.6. The highest BCUT2D eigenvalue weighted by Gasteiger charge is 1.99. The molecule has 0 atom stereocenters. The molecule has 3 heteroatoms. The van der Waals surface area contributed by atoms with E-state index in [2.05, 4.69) is 48.3 Å². The second kappa shape index (κ2) is 7.88. The van der Waals surface area contributed by atoms with E-state index in [0.29, 0.717) is 0 Å². The van der Waals surface area contributed by atoms with E-state index in [1.807, 2.05) is 19.9 Å². The third kappa shape index (κ3) is 6.19. The molecule has 0 spiro atoms. The van der Waals surface area contributed by atoms with Gasteiger partial charge in [0.15, 0.2) is 0 Å². The summed E-state index contributed by atoms with van der Waals surface area (Å²) in [5.74, 6) is 0. The predicted molar refractivity (Wildman–Crippen MR) is 72.8 cm³/mol. The number of hydrazone groups is 1. The Morgan fingerprint density at radius 2 is 2.06 bits per heavy atom. The van der Waals surface area contributed by atoms with Crippen LogP contribution in [0.3, 0.4) is 0 Å². The molecule has 0 saturated carbocycles. The van der Waals surface area contributed by atoms with Crippen LogP contribution in [-0.4, -0.2) is 38.3 Å². The monoisotopic (exact) mass is 221 g/mol. The highest BCUT2D eigenvalue weighted by atomic mass is 15.3. The lowest BCUT2D eigenvalue weighted by atomic mass is 10.1. The molecule has 0 aromatic heterocycles. The first kappa shape index (κ1) is 14.6. The first-order valence-corrected chi connectivity index (χ1v) is 5.39. The van der Waals surface area contributed by atoms with Gasteiger partial charge in [-0.05, 0) is 45.2 Å². The summed E-state index contributed by atoms with van der Waals surface area (Å²) in [6.07, 6.45) is 6.20. The van der Waals surface area contributed by atoms with Gasteiger partial charge in [-0.3, -0.25) is 0 Å². The Kier molecular flexibility index (Phi) is 7.21. The lowest BCUT2D eigenvalue weighted by molar-refractivity contribution is 0.449. The second-order valence-electron chi connectivity index (χ2n) is 3.90. The number of nitrogens with zero attached hydrogens (tertiary/aromatic N) is 2. The second-order valence-corrected chi connectivity index (χ2v) is 3.90. The summed E-state index contributed by atoms with van der Waals surface area (Å²) in [6.45, 7) is 8.86. The van der Waals surface area contributed by atoms with Crippen molar-refractivity contribution in [3.63, 3.8) is 0 Å². The largest absolute Gasteiger partial charge is 0.313 e. The third-order valence-corrected chi connectivity index (χ3v) is 1.98. The fraction of sp³-hybridized carbons (Fsp3) is 0.462. The maximum absolute atomic E-state index is 4.10. The van der Waals surface area contributed by atoms with Crippen molar-refractivity contribution in [2.75, 3.05) is 27.7 Å². The Balaban J connectivity index is 4.78. The molecule has 0 heterocycles. The van der Waals surface area contributed by atoms with Crippen molar-refractivity contribution in [3.05, 3.63) is 36.0 Å². The Labute approximate surface area is 99.2 Å². The molecule has 0 aliphatic rings. The number of nitrogens with one attached hydrogen (secondary N) is 1. The summed E-state index contributed by atoms with van der Waals surface area (Å²) in [6, 6.07) is 0. The minimum atomic E-state index is 0.899. The van der Waals surface area contributed by atoms with Crippen molar-refractivity contribution in [3.8, 4) is 0 Å². The zero-order valence-corrected chi connectivity index (χ0v) is 11.0. The van der Waals surface area contributed by atoms with Gasteiger partial charge in [-0.25, -0.2) is 0 Å². The number of hydrogen-bond acceptors (Lipinski definition) is 3. The van der Waals surface area contributed by atoms with Gasteiger partial charge in [0.25, 0.3) is 0 Å². The number of hydrogen-bond donors (Lipinski definition) is 1. The van der Waals surface area contributed by atoms with Crippen LogP contribution in [0.2, 0.25) is 0 Å². The molecule has 90 valence electrons. The Hall–Kier alpha value is -1.35. The van der Waals surface area contributed by atoms with Crippen LogP contribution in [-0.2, 0) is 0 Å². The van der Waals surface area contributed by atoms with Crippen molar-refractivity contribution in [2.24, 2.45) is 5.10 Å². The van der Waals surface area contributed by atoms with Crippen molar-refractivity contribution < 1.29 is 0 Å². The quantitative estimate of drug-likeness (QED) is 0.423. The van der Waals surface area contributed by atoms with Gasteiger partial charge in [0.2, 0.25) is 0 Å². The average molecular weight is 221 g/mol. The van der Waals surface area contributed by atoms with Gasteiger partial charge >= 0.3 is 0 Å². The van der Waals surface area contributed by atoms with Gasteiger partial charge in [-0.1, -0.05) is 18.7 Å². The zero-order valence-electron chi connectivity index (χ0n) is 11.0. The van der Waals surface area contributed by atoms with Gasteiger partial charge in [0.1, 0.15) is 0 Å². The van der Waals surface area contributed by atoms with Gasteiger partial charge in [-0.15, -0.1) is 0 Å². The molecule has 0 aromatic rings. The van der Waals surface area contributed by atoms with E-state index in [-0.39, 0.29) is 0 Å². The SMILES string of the molecule is C=C(/C=C(\C=C/C)CN(C)C)/C(C)=N/NC. The summed E-state index contributed by atoms with van der Waals surface area (Å²) < 4.78 is 0. The molecule has 0 saturated heterocycles. The summed E-state index contributed by atoms with van der Waals surface area (Å²) in [4.78, 5) is 2.13. The van der Waals surface area contributed by atoms with E-state index in [1.165, 1.54) is 5.57 Å². The topological polar surface area (TPSA) is 27.6 Å². The zero-order chi connectivity index (χ0) is 12.6. The van der Waals surface area contributed by atoms with Crippen molar-refractivity contribution in [1.82, 2.24) is 10.3 Å². The summed E-state index contributed by atoms with van der Waals surface area (Å²) in [7, 11) is 5.89. The average Bonchev–Trinajstić information content (AvgIpc) is 2.17. The van der Waals surface area contributed by atoms with Crippen LogP contribution >= 0.6 is 0 Å². The lowest BCUT2D eigenvalue weighted by Gasteiger charge is -2.11. The van der Waals surface area contributed by atoms with E-state index < -0.39 is 0 Å². The third-order valence-electron chi connectivity index (χ3n) is 1.98. The highest BCUT2D eigenvalue weighted by Crippen LogP contribution is 2.06. The van der Waals surface area contributed by atoms with E-state index >= 15 is 0 Å². The van der Waals surface area contributed by atoms with Crippen molar-refractivity contribution in [2.45, 2.75) is 13.8 Å². The molecule has 16 heavy (non-hydrogen) atoms. The molecule has 0 aromatic carbocycles. The summed E-state index contributed by atoms with van der Waals surface area (Å²) in [5.41, 5.74) is 5.83. The molecule has 0 radical (unpaired) electrons. The molecular weight excluding hydrogens is 198 g/mol. The van der Waals surface area contributed by atoms with Gasteiger partial charge in [-0.2, -0.15) is 5.10 Å². The van der Waals surface area contributed by atoms with Crippen LogP contribution in [0.4, 0.5) is 0 Å². The van der Waals surface area contributed by atoms with E-state index in [9.17, 15) is 0 Å². The molecular formula is C13H23N3. The molecule has 0 rings (SSSR count). The Morgan fingerprint density at radius 3 is 2.50 bits per heavy atom. The van der Waals surface area contributed by atoms with Gasteiger partial charge in [0.05, 0.1) is 5.71 Å². The van der Waals surface area contributed by atoms with Crippen LogP contribution in [0, 0.1) is 0 Å². The number of likely N-dealkylation sites (N-methyl/N-ethyl adjacent to an activating group) is 1. The molecule has 0 aliphatic heterocycles. The highest BCUT2D eigenvalue weighted by molar-refractivity contribution is 6.00. The summed E-state index contributed by atoms with van der Waals surface area (Å²) in [5, 5.41) is 4.10. The minimum Gasteiger partial charge on any atom is -0.313 e. The van der Waals surface area contributed by atoms with Crippen LogP contribution < -0.4 is 5.43 Å². The van der Waals surface area contributed by atoms with Crippen molar-refractivity contribution >= 4 is 5.71 Å². The van der Waals surface area contributed by atoms with Gasteiger partial charge < -0.3 is 10.3 Å². The first-order chi connectivity index (χ1) is 7.51. The van der Waals surface area contributed by atoms with E-state index in [1.54, 1.807) is 7.05 Å². The molecule has 3 nitrogen and oxygen atoms in total. The maximum Gasteiger partial charge on any atom is 0.0638 e. The van der Waals surface area contributed by atoms with Crippen LogP contribution in [0.15, 0.2) is 41.1 Å². The van der Waals surface area contributed by atoms with E-state index in [4.69, 9.17) is 0 Å². The van der Waals surface area contributed by atoms with Crippen LogP contribution in [0.1, 0.15) is 13.8 Å². The first-order valence-electron chi connectivity index (χ1n) is 5.39. The lowest BCUT2D eigenvalue weighted by Crippen LogP contribution is -2.14. The summed E-state index contributed by atoms with van der Waals surface area (Å²) >= 11 is 0. The van der Waals surface area contributed by atoms with E-state index in [0.717, 1.165) is 17.8 Å². The molecule has 1 N–H and O–H groups in total. The molecule has 0 amide bonds. The molecule has 0 aliphatic carbocycles. The predicted octanol–water partition coefficient (Wildman–Crippen LogP) is 2.20. The number of allylic oxidation sites excluding steroid dienone is 3. The Morgan fingerprint density at radius 1 is 1.44 bits per heavy atom. The maximum atomic E-state index is 4.10. The number of rotatable bonds is 6. The van der Waals surface area contributed by atoms with Crippen LogP contribution in [0.5, 0.6) is 0 Å². The fourth-order valence-corrected chi connectivity index (χ4v) is 1.29. The molecule has 0 unspecified atom stereocenters. The standard InChI is InChI=1S/C13H23N3/c1-7-8-13(10-16(5)6)9-11(2)12(3)15-14-4/h7-9,14H,2,10H2,1,3-6H3/b8-7-,13-9+,15-12+. The van der Waals surface area contributed by atoms with Crippen molar-refractivity contribution in [1.29, 1.82) is 0 Å².